The van der Waals surface area contributed by atoms with Gasteiger partial charge in [0.25, 0.3) is 5.91 Å². The first-order valence-electron chi connectivity index (χ1n) is 10.4. The van der Waals surface area contributed by atoms with E-state index in [-0.39, 0.29) is 11.3 Å². The number of benzene rings is 1. The largest absolute Gasteiger partial charge is 0.397 e. The number of thiophene rings is 1. The van der Waals surface area contributed by atoms with Gasteiger partial charge in [0.05, 0.1) is 5.69 Å². The highest BCUT2D eigenvalue weighted by molar-refractivity contribution is 7.21. The molecule has 0 bridgehead atoms. The molecule has 0 aliphatic heterocycles. The second kappa shape index (κ2) is 7.45. The number of nitrogens with zero attached hydrogens (tertiary/aromatic N) is 1. The molecule has 4 rings (SSSR count). The highest BCUT2D eigenvalue weighted by Gasteiger charge is 2.30. The predicted molar refractivity (Wildman–Crippen MR) is 123 cm³/mol. The van der Waals surface area contributed by atoms with Gasteiger partial charge in [0.15, 0.2) is 0 Å². The monoisotopic (exact) mass is 407 g/mol. The fraction of sp³-hybridized carbons (Fsp3) is 0.417. The number of anilines is 2. The first-order chi connectivity index (χ1) is 13.8. The number of nitrogens with two attached hydrogens (primary N) is 1. The zero-order valence-corrected chi connectivity index (χ0v) is 18.5. The van der Waals surface area contributed by atoms with Gasteiger partial charge in [-0.3, -0.25) is 4.79 Å². The molecule has 2 aromatic heterocycles. The summed E-state index contributed by atoms with van der Waals surface area (Å²) >= 11 is 1.39. The highest BCUT2D eigenvalue weighted by atomic mass is 32.1. The summed E-state index contributed by atoms with van der Waals surface area (Å²) in [5, 5.41) is 3.88. The minimum Gasteiger partial charge on any atom is -0.397 e. The zero-order valence-electron chi connectivity index (χ0n) is 17.6. The van der Waals surface area contributed by atoms with Gasteiger partial charge in [-0.1, -0.05) is 39.8 Å². The number of aromatic nitrogens is 1. The van der Waals surface area contributed by atoms with Gasteiger partial charge >= 0.3 is 0 Å². The van der Waals surface area contributed by atoms with Crippen LogP contribution in [-0.2, 0) is 19.3 Å². The van der Waals surface area contributed by atoms with Crippen molar-refractivity contribution >= 4 is 38.8 Å². The Bertz CT molecular complexity index is 1060. The van der Waals surface area contributed by atoms with Crippen molar-refractivity contribution in [1.29, 1.82) is 0 Å². The minimum absolute atomic E-state index is 0.166. The van der Waals surface area contributed by atoms with E-state index in [1.165, 1.54) is 28.2 Å². The molecule has 1 aliphatic carbocycles. The summed E-state index contributed by atoms with van der Waals surface area (Å²) in [4.78, 5) is 19.1. The molecule has 152 valence electrons. The quantitative estimate of drug-likeness (QED) is 0.573. The summed E-state index contributed by atoms with van der Waals surface area (Å²) in [5.74, 6) is 0.475. The third-order valence-electron chi connectivity index (χ3n) is 6.14. The lowest BCUT2D eigenvalue weighted by Gasteiger charge is -2.34. The van der Waals surface area contributed by atoms with Gasteiger partial charge in [0.2, 0.25) is 0 Å². The van der Waals surface area contributed by atoms with Crippen LogP contribution >= 0.6 is 11.3 Å². The van der Waals surface area contributed by atoms with Crippen LogP contribution in [0, 0.1) is 11.3 Å². The van der Waals surface area contributed by atoms with Crippen molar-refractivity contribution in [3.05, 3.63) is 52.0 Å². The number of rotatable bonds is 3. The van der Waals surface area contributed by atoms with Gasteiger partial charge in [0, 0.05) is 16.8 Å². The molecule has 0 saturated carbocycles. The first kappa shape index (κ1) is 19.9. The average Bonchev–Trinajstić information content (AvgIpc) is 3.01. The van der Waals surface area contributed by atoms with Gasteiger partial charge in [-0.2, -0.15) is 0 Å². The second-order valence-electron chi connectivity index (χ2n) is 9.10. The molecule has 1 atom stereocenters. The van der Waals surface area contributed by atoms with E-state index in [9.17, 15) is 4.79 Å². The molecule has 4 nitrogen and oxygen atoms in total. The fourth-order valence-electron chi connectivity index (χ4n) is 4.11. The van der Waals surface area contributed by atoms with Crippen molar-refractivity contribution in [3.8, 4) is 0 Å². The Kier molecular flexibility index (Phi) is 5.11. The Balaban J connectivity index is 1.63. The van der Waals surface area contributed by atoms with Crippen LogP contribution in [0.1, 0.15) is 60.6 Å². The molecule has 2 heterocycles. The molecule has 0 fully saturated rings. The summed E-state index contributed by atoms with van der Waals surface area (Å²) in [5.41, 5.74) is 11.7. The number of hydrogen-bond acceptors (Lipinski definition) is 4. The van der Waals surface area contributed by atoms with Gasteiger partial charge in [0.1, 0.15) is 9.71 Å². The van der Waals surface area contributed by atoms with E-state index in [4.69, 9.17) is 10.7 Å². The average molecular weight is 408 g/mol. The maximum Gasteiger partial charge on any atom is 0.267 e. The van der Waals surface area contributed by atoms with E-state index >= 15 is 0 Å². The number of pyridine rings is 1. The first-order valence-corrected chi connectivity index (χ1v) is 11.2. The molecule has 1 aliphatic rings. The van der Waals surface area contributed by atoms with Crippen LogP contribution in [0.3, 0.4) is 0 Å². The third kappa shape index (κ3) is 3.88. The fourth-order valence-corrected chi connectivity index (χ4v) is 5.10. The van der Waals surface area contributed by atoms with Crippen molar-refractivity contribution in [3.63, 3.8) is 0 Å². The highest BCUT2D eigenvalue weighted by Crippen LogP contribution is 2.40. The number of nitrogens with one attached hydrogen (secondary N) is 1. The predicted octanol–water partition coefficient (Wildman–Crippen LogP) is 5.84. The van der Waals surface area contributed by atoms with Crippen molar-refractivity contribution in [2.45, 2.75) is 53.4 Å². The Labute approximate surface area is 176 Å². The second-order valence-corrected chi connectivity index (χ2v) is 10.1. The van der Waals surface area contributed by atoms with Crippen LogP contribution in [-0.4, -0.2) is 10.9 Å². The van der Waals surface area contributed by atoms with Crippen molar-refractivity contribution < 1.29 is 4.79 Å². The van der Waals surface area contributed by atoms with E-state index in [1.54, 1.807) is 0 Å². The Morgan fingerprint density at radius 2 is 2.00 bits per heavy atom. The summed E-state index contributed by atoms with van der Waals surface area (Å²) in [7, 11) is 0. The lowest BCUT2D eigenvalue weighted by atomic mass is 9.71. The Morgan fingerprint density at radius 1 is 1.28 bits per heavy atom. The van der Waals surface area contributed by atoms with Gasteiger partial charge in [-0.15, -0.1) is 11.3 Å². The smallest absolute Gasteiger partial charge is 0.267 e. The Hall–Kier alpha value is -2.40. The van der Waals surface area contributed by atoms with E-state index in [1.807, 2.05) is 24.3 Å². The van der Waals surface area contributed by atoms with Gasteiger partial charge < -0.3 is 11.1 Å². The molecular formula is C24H29N3OS. The van der Waals surface area contributed by atoms with Crippen LogP contribution in [0.5, 0.6) is 0 Å². The number of nitrogen functional groups attached to an aromatic ring is 1. The number of hydrogen-bond donors (Lipinski definition) is 2. The molecular weight excluding hydrogens is 378 g/mol. The molecule has 1 unspecified atom stereocenters. The lowest BCUT2D eigenvalue weighted by Crippen LogP contribution is -2.27. The minimum atomic E-state index is -0.166. The third-order valence-corrected chi connectivity index (χ3v) is 7.25. The van der Waals surface area contributed by atoms with Gasteiger partial charge in [-0.05, 0) is 66.3 Å². The summed E-state index contributed by atoms with van der Waals surface area (Å²) in [6.45, 7) is 9.04. The molecule has 0 spiro atoms. The summed E-state index contributed by atoms with van der Waals surface area (Å²) in [6.07, 6.45) is 4.17. The maximum absolute atomic E-state index is 12.9. The molecule has 0 radical (unpaired) electrons. The summed E-state index contributed by atoms with van der Waals surface area (Å²) < 4.78 is 0. The standard InChI is InChI=1S/C24H29N3OS/c1-5-14-6-9-17(10-7-14)26-22(28)21-20(25)18-13-15-12-16(24(2,3)4)8-11-19(15)27-23(18)29-21/h6-7,9-10,13,16H,5,8,11-12,25H2,1-4H3,(H,26,28). The number of aryl methyl sites for hydroxylation is 2. The summed E-state index contributed by atoms with van der Waals surface area (Å²) in [6, 6.07) is 10.1. The number of amides is 1. The van der Waals surface area contributed by atoms with Crippen LogP contribution in [0.25, 0.3) is 10.2 Å². The van der Waals surface area contributed by atoms with E-state index in [0.29, 0.717) is 16.5 Å². The topological polar surface area (TPSA) is 68.0 Å². The molecule has 1 aromatic carbocycles. The lowest BCUT2D eigenvalue weighted by molar-refractivity contribution is 0.103. The van der Waals surface area contributed by atoms with Crippen LogP contribution in [0.15, 0.2) is 30.3 Å². The number of carbonyl (C=O) groups excluding carboxylic acids is 1. The molecule has 5 heteroatoms. The molecule has 0 saturated heterocycles. The van der Waals surface area contributed by atoms with Crippen molar-refractivity contribution in [2.75, 3.05) is 11.1 Å². The molecule has 3 N–H and O–H groups in total. The normalized spacial score (nSPS) is 16.6. The van der Waals surface area contributed by atoms with Crippen LogP contribution in [0.4, 0.5) is 11.4 Å². The Morgan fingerprint density at radius 3 is 2.66 bits per heavy atom. The van der Waals surface area contributed by atoms with Crippen LogP contribution in [0.2, 0.25) is 0 Å². The van der Waals surface area contributed by atoms with E-state index in [0.717, 1.165) is 41.6 Å². The van der Waals surface area contributed by atoms with E-state index < -0.39 is 0 Å². The zero-order chi connectivity index (χ0) is 20.8. The maximum atomic E-state index is 12.9. The SMILES string of the molecule is CCc1ccc(NC(=O)c2sc3nc4c(cc3c2N)CC(C(C)(C)C)CC4)cc1. The van der Waals surface area contributed by atoms with E-state index in [2.05, 4.69) is 39.1 Å². The van der Waals surface area contributed by atoms with Crippen LogP contribution < -0.4 is 11.1 Å². The van der Waals surface area contributed by atoms with Crippen molar-refractivity contribution in [2.24, 2.45) is 11.3 Å². The molecule has 1 amide bonds. The molecule has 3 aromatic rings. The van der Waals surface area contributed by atoms with Gasteiger partial charge in [-0.25, -0.2) is 4.98 Å². The van der Waals surface area contributed by atoms with Crippen molar-refractivity contribution in [1.82, 2.24) is 4.98 Å². The number of fused-ring (bicyclic) bond motifs is 2. The number of carbonyl (C=O) groups is 1. The molecule has 29 heavy (non-hydrogen) atoms.